The van der Waals surface area contributed by atoms with Gasteiger partial charge in [-0.05, 0) is 13.8 Å². The molecule has 2 rings (SSSR count). The third-order valence-electron chi connectivity index (χ3n) is 2.73. The van der Waals surface area contributed by atoms with E-state index in [-0.39, 0.29) is 6.04 Å². The third-order valence-corrected chi connectivity index (χ3v) is 2.73. The molecule has 92 valence electrons. The molecular weight excluding hydrogens is 216 g/mol. The number of nitrogens with zero attached hydrogens (tertiary/aromatic N) is 3. The second kappa shape index (κ2) is 5.14. The number of aromatic nitrogens is 3. The quantitative estimate of drug-likeness (QED) is 0.854. The fourth-order valence-electron chi connectivity index (χ4n) is 1.70. The van der Waals surface area contributed by atoms with E-state index in [2.05, 4.69) is 15.3 Å². The Morgan fingerprint density at radius 2 is 2.29 bits per heavy atom. The highest BCUT2D eigenvalue weighted by atomic mass is 16.4. The van der Waals surface area contributed by atoms with Crippen LogP contribution in [0.3, 0.4) is 0 Å². The van der Waals surface area contributed by atoms with Gasteiger partial charge in [-0.1, -0.05) is 0 Å². The molecule has 0 fully saturated rings. The molecule has 0 radical (unpaired) electrons. The van der Waals surface area contributed by atoms with Crippen molar-refractivity contribution in [2.24, 2.45) is 7.05 Å². The molecule has 5 nitrogen and oxygen atoms in total. The number of rotatable bonds is 5. The van der Waals surface area contributed by atoms with Crippen LogP contribution >= 0.6 is 0 Å². The first kappa shape index (κ1) is 11.9. The van der Waals surface area contributed by atoms with Crippen LogP contribution < -0.4 is 5.32 Å². The van der Waals surface area contributed by atoms with Gasteiger partial charge in [-0.3, -0.25) is 0 Å². The smallest absolute Gasteiger partial charge is 0.211 e. The predicted octanol–water partition coefficient (Wildman–Crippen LogP) is 1.61. The van der Waals surface area contributed by atoms with Gasteiger partial charge in [-0.2, -0.15) is 0 Å². The van der Waals surface area contributed by atoms with Crippen molar-refractivity contribution in [3.05, 3.63) is 36.1 Å². The van der Waals surface area contributed by atoms with E-state index in [4.69, 9.17) is 4.42 Å². The Kier molecular flexibility index (Phi) is 3.58. The Bertz CT molecular complexity index is 474. The van der Waals surface area contributed by atoms with Gasteiger partial charge < -0.3 is 14.3 Å². The Balaban J connectivity index is 1.81. The lowest BCUT2D eigenvalue weighted by Crippen LogP contribution is -2.22. The highest BCUT2D eigenvalue weighted by Gasteiger charge is 2.10. The fourth-order valence-corrected chi connectivity index (χ4v) is 1.70. The molecule has 0 bridgehead atoms. The summed E-state index contributed by atoms with van der Waals surface area (Å²) in [5.41, 5.74) is 0. The minimum Gasteiger partial charge on any atom is -0.444 e. The molecule has 0 saturated carbocycles. The van der Waals surface area contributed by atoms with Crippen LogP contribution in [-0.4, -0.2) is 21.1 Å². The summed E-state index contributed by atoms with van der Waals surface area (Å²) in [7, 11) is 2.00. The summed E-state index contributed by atoms with van der Waals surface area (Å²) < 4.78 is 7.49. The second-order valence-electron chi connectivity index (χ2n) is 4.19. The van der Waals surface area contributed by atoms with E-state index in [1.807, 2.05) is 37.9 Å². The minimum absolute atomic E-state index is 0.129. The van der Waals surface area contributed by atoms with Crippen LogP contribution in [-0.2, 0) is 13.5 Å². The Labute approximate surface area is 101 Å². The molecule has 0 saturated heterocycles. The van der Waals surface area contributed by atoms with Crippen molar-refractivity contribution in [1.29, 1.82) is 0 Å². The van der Waals surface area contributed by atoms with Gasteiger partial charge in [0.2, 0.25) is 5.89 Å². The second-order valence-corrected chi connectivity index (χ2v) is 4.19. The number of imidazole rings is 1. The Morgan fingerprint density at radius 3 is 2.88 bits per heavy atom. The van der Waals surface area contributed by atoms with Gasteiger partial charge in [-0.15, -0.1) is 0 Å². The maximum atomic E-state index is 5.46. The molecule has 2 aromatic heterocycles. The molecule has 0 aromatic carbocycles. The van der Waals surface area contributed by atoms with Crippen molar-refractivity contribution >= 4 is 0 Å². The van der Waals surface area contributed by atoms with E-state index in [9.17, 15) is 0 Å². The van der Waals surface area contributed by atoms with Crippen molar-refractivity contribution in [2.75, 3.05) is 6.54 Å². The molecule has 17 heavy (non-hydrogen) atoms. The molecule has 5 heteroatoms. The summed E-state index contributed by atoms with van der Waals surface area (Å²) in [6.07, 6.45) is 6.41. The van der Waals surface area contributed by atoms with E-state index in [0.29, 0.717) is 0 Å². The number of aryl methyl sites for hydroxylation is 2. The topological polar surface area (TPSA) is 55.9 Å². The molecule has 0 aliphatic rings. The highest BCUT2D eigenvalue weighted by Crippen LogP contribution is 2.11. The van der Waals surface area contributed by atoms with Gasteiger partial charge in [0.15, 0.2) is 0 Å². The molecule has 0 spiro atoms. The third kappa shape index (κ3) is 2.94. The molecule has 2 heterocycles. The molecule has 1 N–H and O–H groups in total. The number of nitrogens with one attached hydrogen (secondary N) is 1. The van der Waals surface area contributed by atoms with Crippen molar-refractivity contribution in [2.45, 2.75) is 26.3 Å². The van der Waals surface area contributed by atoms with Crippen LogP contribution in [0.2, 0.25) is 0 Å². The van der Waals surface area contributed by atoms with Crippen LogP contribution in [0, 0.1) is 6.92 Å². The normalized spacial score (nSPS) is 12.9. The van der Waals surface area contributed by atoms with E-state index >= 15 is 0 Å². The SMILES string of the molecule is Cc1cnc(C(C)NCCc2nccn2C)o1. The van der Waals surface area contributed by atoms with Gasteiger partial charge in [-0.25, -0.2) is 9.97 Å². The van der Waals surface area contributed by atoms with Crippen molar-refractivity contribution in [3.8, 4) is 0 Å². The van der Waals surface area contributed by atoms with E-state index in [0.717, 1.165) is 30.4 Å². The average molecular weight is 234 g/mol. The highest BCUT2D eigenvalue weighted by molar-refractivity contribution is 4.96. The Hall–Kier alpha value is -1.62. The zero-order chi connectivity index (χ0) is 12.3. The first-order valence-corrected chi connectivity index (χ1v) is 5.78. The van der Waals surface area contributed by atoms with Gasteiger partial charge in [0.1, 0.15) is 11.6 Å². The van der Waals surface area contributed by atoms with Crippen LogP contribution in [0.15, 0.2) is 23.0 Å². The van der Waals surface area contributed by atoms with Gasteiger partial charge in [0, 0.05) is 32.4 Å². The van der Waals surface area contributed by atoms with Crippen LogP contribution in [0.4, 0.5) is 0 Å². The first-order valence-electron chi connectivity index (χ1n) is 5.78. The van der Waals surface area contributed by atoms with E-state index in [1.54, 1.807) is 6.20 Å². The number of hydrogen-bond acceptors (Lipinski definition) is 4. The summed E-state index contributed by atoms with van der Waals surface area (Å²) >= 11 is 0. The van der Waals surface area contributed by atoms with Crippen molar-refractivity contribution < 1.29 is 4.42 Å². The van der Waals surface area contributed by atoms with E-state index < -0.39 is 0 Å². The summed E-state index contributed by atoms with van der Waals surface area (Å²) in [5.74, 6) is 2.66. The van der Waals surface area contributed by atoms with Crippen molar-refractivity contribution in [1.82, 2.24) is 19.9 Å². The van der Waals surface area contributed by atoms with Crippen LogP contribution in [0.25, 0.3) is 0 Å². The molecular formula is C12H18N4O. The van der Waals surface area contributed by atoms with Gasteiger partial charge >= 0.3 is 0 Å². The van der Waals surface area contributed by atoms with Crippen molar-refractivity contribution in [3.63, 3.8) is 0 Å². The molecule has 2 aromatic rings. The Morgan fingerprint density at radius 1 is 1.47 bits per heavy atom. The monoisotopic (exact) mass is 234 g/mol. The van der Waals surface area contributed by atoms with Gasteiger partial charge in [0.05, 0.1) is 12.2 Å². The summed E-state index contributed by atoms with van der Waals surface area (Å²) in [6.45, 7) is 4.80. The zero-order valence-corrected chi connectivity index (χ0v) is 10.5. The number of oxazole rings is 1. The molecule has 0 aliphatic carbocycles. The maximum Gasteiger partial charge on any atom is 0.211 e. The molecule has 0 amide bonds. The molecule has 0 aliphatic heterocycles. The summed E-state index contributed by atoms with van der Waals surface area (Å²) in [4.78, 5) is 8.47. The first-order chi connectivity index (χ1) is 8.16. The summed E-state index contributed by atoms with van der Waals surface area (Å²) in [5, 5.41) is 3.37. The minimum atomic E-state index is 0.129. The lowest BCUT2D eigenvalue weighted by Gasteiger charge is -2.09. The van der Waals surface area contributed by atoms with Crippen LogP contribution in [0.5, 0.6) is 0 Å². The summed E-state index contributed by atoms with van der Waals surface area (Å²) in [6, 6.07) is 0.129. The maximum absolute atomic E-state index is 5.46. The predicted molar refractivity (Wildman–Crippen MR) is 64.6 cm³/mol. The standard InChI is InChI=1S/C12H18N4O/c1-9-8-15-12(17-9)10(2)13-5-4-11-14-6-7-16(11)3/h6-8,10,13H,4-5H2,1-3H3. The number of hydrogen-bond donors (Lipinski definition) is 1. The average Bonchev–Trinajstić information content (AvgIpc) is 2.88. The zero-order valence-electron chi connectivity index (χ0n) is 10.5. The van der Waals surface area contributed by atoms with E-state index in [1.165, 1.54) is 0 Å². The lowest BCUT2D eigenvalue weighted by molar-refractivity contribution is 0.403. The van der Waals surface area contributed by atoms with Gasteiger partial charge in [0.25, 0.3) is 0 Å². The molecule has 1 unspecified atom stereocenters. The largest absolute Gasteiger partial charge is 0.444 e. The molecule has 1 atom stereocenters. The lowest BCUT2D eigenvalue weighted by atomic mass is 10.3. The fraction of sp³-hybridized carbons (Fsp3) is 0.500. The van der Waals surface area contributed by atoms with Crippen LogP contribution in [0.1, 0.15) is 30.4 Å².